The average molecular weight is 364 g/mol. The van der Waals surface area contributed by atoms with E-state index in [0.717, 1.165) is 35.0 Å². The number of hydrogen-bond acceptors (Lipinski definition) is 5. The van der Waals surface area contributed by atoms with Gasteiger partial charge in [-0.2, -0.15) is 0 Å². The highest BCUT2D eigenvalue weighted by atomic mass is 32.1. The summed E-state index contributed by atoms with van der Waals surface area (Å²) >= 11 is 3.07. The Hall–Kier alpha value is -1.73. The summed E-state index contributed by atoms with van der Waals surface area (Å²) in [5, 5.41) is 11.7. The zero-order chi connectivity index (χ0) is 17.1. The molecule has 0 aliphatic carbocycles. The second kappa shape index (κ2) is 7.44. The van der Waals surface area contributed by atoms with E-state index in [-0.39, 0.29) is 18.2 Å². The molecule has 3 rings (SSSR count). The van der Waals surface area contributed by atoms with Crippen LogP contribution < -0.4 is 0 Å². The minimum absolute atomic E-state index is 0.0350. The molecule has 128 valence electrons. The minimum Gasteiger partial charge on any atom is -0.481 e. The summed E-state index contributed by atoms with van der Waals surface area (Å²) in [7, 11) is 0. The van der Waals surface area contributed by atoms with Gasteiger partial charge >= 0.3 is 5.97 Å². The van der Waals surface area contributed by atoms with Crippen LogP contribution in [-0.4, -0.2) is 40.0 Å². The summed E-state index contributed by atoms with van der Waals surface area (Å²) in [5.74, 6) is -0.450. The first-order chi connectivity index (χ1) is 11.5. The Kier molecular flexibility index (Phi) is 5.30. The number of aryl methyl sites for hydroxylation is 1. The van der Waals surface area contributed by atoms with E-state index in [0.29, 0.717) is 17.8 Å². The van der Waals surface area contributed by atoms with Crippen molar-refractivity contribution in [3.05, 3.63) is 28.1 Å². The predicted octanol–water partition coefficient (Wildman–Crippen LogP) is 3.90. The summed E-state index contributed by atoms with van der Waals surface area (Å²) in [6.45, 7) is 3.28. The van der Waals surface area contributed by atoms with E-state index in [2.05, 4.69) is 4.98 Å². The highest BCUT2D eigenvalue weighted by Gasteiger charge is 2.27. The maximum absolute atomic E-state index is 12.9. The third kappa shape index (κ3) is 3.84. The number of carboxylic acid groups (broad SMARTS) is 1. The largest absolute Gasteiger partial charge is 0.481 e. The molecule has 0 aromatic carbocycles. The topological polar surface area (TPSA) is 70.5 Å². The van der Waals surface area contributed by atoms with E-state index in [1.165, 1.54) is 11.3 Å². The van der Waals surface area contributed by atoms with Crippen LogP contribution in [0.25, 0.3) is 9.88 Å². The molecule has 1 aliphatic heterocycles. The number of carboxylic acids is 1. The maximum atomic E-state index is 12.9. The van der Waals surface area contributed by atoms with Crippen LogP contribution in [0.1, 0.15) is 41.0 Å². The van der Waals surface area contributed by atoms with Gasteiger partial charge < -0.3 is 10.0 Å². The Morgan fingerprint density at radius 3 is 3.00 bits per heavy atom. The molecular weight excluding hydrogens is 344 g/mol. The summed E-state index contributed by atoms with van der Waals surface area (Å²) in [6, 6.07) is 4.00. The van der Waals surface area contributed by atoms with E-state index < -0.39 is 5.97 Å². The number of nitrogens with zero attached hydrogens (tertiary/aromatic N) is 2. The first-order valence-corrected chi connectivity index (χ1v) is 9.76. The van der Waals surface area contributed by atoms with Gasteiger partial charge in [-0.15, -0.1) is 22.7 Å². The van der Waals surface area contributed by atoms with Gasteiger partial charge in [-0.25, -0.2) is 4.98 Å². The van der Waals surface area contributed by atoms with Crippen molar-refractivity contribution in [3.8, 4) is 9.88 Å². The highest BCUT2D eigenvalue weighted by Crippen LogP contribution is 2.32. The summed E-state index contributed by atoms with van der Waals surface area (Å²) in [6.07, 6.45) is 2.75. The smallest absolute Gasteiger partial charge is 0.303 e. The number of aliphatic carboxylic acids is 1. The SMILES string of the molecule is Cc1nc(-c2cccs2)sc1C(=O)N1CCCC(CCC(=O)O)C1. The second-order valence-corrected chi connectivity index (χ2v) is 8.05. The summed E-state index contributed by atoms with van der Waals surface area (Å²) in [4.78, 5) is 31.8. The summed E-state index contributed by atoms with van der Waals surface area (Å²) in [5.41, 5.74) is 0.779. The molecule has 0 bridgehead atoms. The van der Waals surface area contributed by atoms with Crippen LogP contribution in [0.3, 0.4) is 0 Å². The van der Waals surface area contributed by atoms with Crippen molar-refractivity contribution in [2.45, 2.75) is 32.6 Å². The molecule has 1 saturated heterocycles. The van der Waals surface area contributed by atoms with Gasteiger partial charge in [-0.05, 0) is 43.6 Å². The monoisotopic (exact) mass is 364 g/mol. The average Bonchev–Trinajstić information content (AvgIpc) is 3.22. The maximum Gasteiger partial charge on any atom is 0.303 e. The molecule has 1 aliphatic rings. The molecule has 3 heterocycles. The van der Waals surface area contributed by atoms with Gasteiger partial charge in [0.1, 0.15) is 9.88 Å². The van der Waals surface area contributed by atoms with Crippen LogP contribution in [0.5, 0.6) is 0 Å². The molecule has 7 heteroatoms. The van der Waals surface area contributed by atoms with Gasteiger partial charge in [0.15, 0.2) is 0 Å². The molecule has 0 saturated carbocycles. The number of aromatic nitrogens is 1. The van der Waals surface area contributed by atoms with E-state index >= 15 is 0 Å². The molecule has 2 aromatic rings. The van der Waals surface area contributed by atoms with Gasteiger partial charge in [0.2, 0.25) is 0 Å². The molecule has 2 aromatic heterocycles. The van der Waals surface area contributed by atoms with Crippen molar-refractivity contribution in [2.75, 3.05) is 13.1 Å². The zero-order valence-electron chi connectivity index (χ0n) is 13.5. The third-order valence-corrected chi connectivity index (χ3v) is 6.48. The van der Waals surface area contributed by atoms with Gasteiger partial charge in [0.05, 0.1) is 10.6 Å². The Bertz CT molecular complexity index is 724. The minimum atomic E-state index is -0.766. The summed E-state index contributed by atoms with van der Waals surface area (Å²) < 4.78 is 0. The van der Waals surface area contributed by atoms with Gasteiger partial charge in [-0.3, -0.25) is 9.59 Å². The number of hydrogen-bond donors (Lipinski definition) is 1. The second-order valence-electron chi connectivity index (χ2n) is 6.10. The molecule has 1 fully saturated rings. The molecule has 24 heavy (non-hydrogen) atoms. The molecule has 5 nitrogen and oxygen atoms in total. The molecular formula is C17H20N2O3S2. The van der Waals surface area contributed by atoms with Crippen molar-refractivity contribution in [3.63, 3.8) is 0 Å². The Balaban J connectivity index is 1.70. The quantitative estimate of drug-likeness (QED) is 0.873. The predicted molar refractivity (Wildman–Crippen MR) is 95.7 cm³/mol. The number of piperidine rings is 1. The van der Waals surface area contributed by atoms with Crippen LogP contribution in [0.15, 0.2) is 17.5 Å². The fourth-order valence-electron chi connectivity index (χ4n) is 3.06. The van der Waals surface area contributed by atoms with E-state index in [1.54, 1.807) is 11.3 Å². The van der Waals surface area contributed by atoms with Crippen LogP contribution in [0, 0.1) is 12.8 Å². The van der Waals surface area contributed by atoms with Gasteiger partial charge in [0.25, 0.3) is 5.91 Å². The highest BCUT2D eigenvalue weighted by molar-refractivity contribution is 7.22. The zero-order valence-corrected chi connectivity index (χ0v) is 15.2. The van der Waals surface area contributed by atoms with Crippen LogP contribution >= 0.6 is 22.7 Å². The van der Waals surface area contributed by atoms with Gasteiger partial charge in [0, 0.05) is 19.5 Å². The van der Waals surface area contributed by atoms with E-state index in [9.17, 15) is 9.59 Å². The fraction of sp³-hybridized carbons (Fsp3) is 0.471. The Morgan fingerprint density at radius 2 is 2.29 bits per heavy atom. The number of likely N-dealkylation sites (tertiary alicyclic amines) is 1. The molecule has 1 unspecified atom stereocenters. The first-order valence-electron chi connectivity index (χ1n) is 8.07. The molecule has 1 amide bonds. The number of carbonyl (C=O) groups excluding carboxylic acids is 1. The third-order valence-electron chi connectivity index (χ3n) is 4.30. The molecule has 1 atom stereocenters. The van der Waals surface area contributed by atoms with Crippen LogP contribution in [0.4, 0.5) is 0 Å². The fourth-order valence-corrected chi connectivity index (χ4v) is 4.89. The van der Waals surface area contributed by atoms with Gasteiger partial charge in [-0.1, -0.05) is 6.07 Å². The molecule has 0 spiro atoms. The number of rotatable bonds is 5. The number of amides is 1. The molecule has 1 N–H and O–H groups in total. The van der Waals surface area contributed by atoms with Crippen LogP contribution in [-0.2, 0) is 4.79 Å². The normalized spacial score (nSPS) is 17.9. The Morgan fingerprint density at radius 1 is 1.46 bits per heavy atom. The first kappa shape index (κ1) is 17.1. The van der Waals surface area contributed by atoms with Crippen molar-refractivity contribution >= 4 is 34.6 Å². The van der Waals surface area contributed by atoms with Crippen molar-refractivity contribution in [2.24, 2.45) is 5.92 Å². The van der Waals surface area contributed by atoms with E-state index in [1.807, 2.05) is 29.3 Å². The number of carbonyl (C=O) groups is 2. The lowest BCUT2D eigenvalue weighted by atomic mass is 9.93. The van der Waals surface area contributed by atoms with E-state index in [4.69, 9.17) is 5.11 Å². The van der Waals surface area contributed by atoms with Crippen LogP contribution in [0.2, 0.25) is 0 Å². The lowest BCUT2D eigenvalue weighted by molar-refractivity contribution is -0.137. The lowest BCUT2D eigenvalue weighted by Gasteiger charge is -2.32. The number of thiazole rings is 1. The number of thiophene rings is 1. The standard InChI is InChI=1S/C17H20N2O3S2/c1-11-15(24-16(18-11)13-5-3-9-23-13)17(22)19-8-2-4-12(10-19)6-7-14(20)21/h3,5,9,12H,2,4,6-8,10H2,1H3,(H,20,21). The van der Waals surface area contributed by atoms with Crippen molar-refractivity contribution in [1.82, 2.24) is 9.88 Å². The molecule has 0 radical (unpaired) electrons. The van der Waals surface area contributed by atoms with Crippen molar-refractivity contribution < 1.29 is 14.7 Å². The lowest BCUT2D eigenvalue weighted by Crippen LogP contribution is -2.40. The Labute approximate surface area is 149 Å². The van der Waals surface area contributed by atoms with Crippen molar-refractivity contribution in [1.29, 1.82) is 0 Å².